The average Bonchev–Trinajstić information content (AvgIpc) is 2.64. The van der Waals surface area contributed by atoms with Crippen molar-refractivity contribution in [1.29, 1.82) is 0 Å². The van der Waals surface area contributed by atoms with Crippen LogP contribution in [0.1, 0.15) is 30.9 Å². The van der Waals surface area contributed by atoms with Crippen LogP contribution in [0.5, 0.6) is 0 Å². The number of carbonyl (C=O) groups excluding carboxylic acids is 2. The number of ketones is 1. The van der Waals surface area contributed by atoms with E-state index in [-0.39, 0.29) is 25.2 Å². The molecule has 1 fully saturated rings. The van der Waals surface area contributed by atoms with Gasteiger partial charge in [0.25, 0.3) is 0 Å². The quantitative estimate of drug-likeness (QED) is 0.514. The highest BCUT2D eigenvalue weighted by Crippen LogP contribution is 2.43. The summed E-state index contributed by atoms with van der Waals surface area (Å²) in [6.07, 6.45) is 0.569. The van der Waals surface area contributed by atoms with Gasteiger partial charge in [-0.15, -0.1) is 0 Å². The molecule has 2 aromatic carbocycles. The zero-order valence-corrected chi connectivity index (χ0v) is 17.9. The molecule has 0 aromatic heterocycles. The van der Waals surface area contributed by atoms with Gasteiger partial charge in [-0.3, -0.25) is 9.59 Å². The van der Waals surface area contributed by atoms with Crippen molar-refractivity contribution in [3.63, 3.8) is 0 Å². The standard InChI is InChI=1S/C22H22BrClO4/c1-2-28-21(26)20-15(11-14-5-3-4-6-18(14)24)12-22(27,13-19(20)25)16-7-9-17(23)10-8-16/h3-10,15,20,27H,2,11-13H2,1H3. The molecule has 0 spiro atoms. The number of halogens is 2. The first kappa shape index (κ1) is 21.0. The van der Waals surface area contributed by atoms with Crippen LogP contribution in [0.4, 0.5) is 0 Å². The van der Waals surface area contributed by atoms with Gasteiger partial charge in [0.15, 0.2) is 5.78 Å². The topological polar surface area (TPSA) is 63.6 Å². The van der Waals surface area contributed by atoms with E-state index in [2.05, 4.69) is 15.9 Å². The van der Waals surface area contributed by atoms with Gasteiger partial charge >= 0.3 is 5.97 Å². The number of benzene rings is 2. The second kappa shape index (κ2) is 8.76. The SMILES string of the molecule is CCOC(=O)C1C(=O)CC(O)(c2ccc(Br)cc2)CC1Cc1ccccc1Cl. The molecule has 1 aliphatic carbocycles. The second-order valence-electron chi connectivity index (χ2n) is 7.17. The number of hydrogen-bond acceptors (Lipinski definition) is 4. The zero-order chi connectivity index (χ0) is 20.3. The minimum atomic E-state index is -1.33. The van der Waals surface area contributed by atoms with Crippen LogP contribution in [0.15, 0.2) is 53.0 Å². The molecule has 4 nitrogen and oxygen atoms in total. The molecule has 3 atom stereocenters. The average molecular weight is 466 g/mol. The molecule has 3 unspecified atom stereocenters. The Labute approximate surface area is 178 Å². The third kappa shape index (κ3) is 4.48. The molecule has 0 saturated heterocycles. The fourth-order valence-corrected chi connectivity index (χ4v) is 4.43. The molecule has 6 heteroatoms. The van der Waals surface area contributed by atoms with Crippen LogP contribution in [0.3, 0.4) is 0 Å². The van der Waals surface area contributed by atoms with Crippen LogP contribution in [0.2, 0.25) is 5.02 Å². The van der Waals surface area contributed by atoms with Crippen LogP contribution in [0.25, 0.3) is 0 Å². The highest BCUT2D eigenvalue weighted by atomic mass is 79.9. The minimum Gasteiger partial charge on any atom is -0.465 e. The lowest BCUT2D eigenvalue weighted by molar-refractivity contribution is -0.161. The van der Waals surface area contributed by atoms with Gasteiger partial charge in [0.1, 0.15) is 5.92 Å². The van der Waals surface area contributed by atoms with Crippen molar-refractivity contribution in [1.82, 2.24) is 0 Å². The lowest BCUT2D eigenvalue weighted by Crippen LogP contribution is -2.47. The lowest BCUT2D eigenvalue weighted by Gasteiger charge is -2.40. The van der Waals surface area contributed by atoms with Crippen molar-refractivity contribution in [2.45, 2.75) is 31.8 Å². The summed E-state index contributed by atoms with van der Waals surface area (Å²) < 4.78 is 6.05. The van der Waals surface area contributed by atoms with Crippen molar-refractivity contribution < 1.29 is 19.4 Å². The van der Waals surface area contributed by atoms with Gasteiger partial charge < -0.3 is 9.84 Å². The van der Waals surface area contributed by atoms with Crippen LogP contribution in [0, 0.1) is 11.8 Å². The molecule has 148 valence electrons. The Kier molecular flexibility index (Phi) is 6.58. The molecular formula is C22H22BrClO4. The van der Waals surface area contributed by atoms with E-state index in [4.69, 9.17) is 16.3 Å². The molecule has 3 rings (SSSR count). The maximum absolute atomic E-state index is 12.9. The van der Waals surface area contributed by atoms with Crippen LogP contribution >= 0.6 is 27.5 Å². The molecule has 28 heavy (non-hydrogen) atoms. The number of rotatable bonds is 5. The minimum absolute atomic E-state index is 0.114. The van der Waals surface area contributed by atoms with Gasteiger partial charge in [-0.05, 0) is 55.0 Å². The van der Waals surface area contributed by atoms with Crippen LogP contribution < -0.4 is 0 Å². The fourth-order valence-electron chi connectivity index (χ4n) is 3.96. The third-order valence-corrected chi connectivity index (χ3v) is 6.14. The number of Topliss-reactive ketones (excluding diaryl/α,β-unsaturated/α-hetero) is 1. The lowest BCUT2D eigenvalue weighted by atomic mass is 9.66. The summed E-state index contributed by atoms with van der Waals surface area (Å²) in [5, 5.41) is 11.9. The first-order chi connectivity index (χ1) is 13.3. The third-order valence-electron chi connectivity index (χ3n) is 5.25. The molecule has 1 aliphatic rings. The Bertz CT molecular complexity index is 867. The van der Waals surface area contributed by atoms with Gasteiger partial charge in [-0.1, -0.05) is 57.9 Å². The van der Waals surface area contributed by atoms with Gasteiger partial charge in [-0.2, -0.15) is 0 Å². The zero-order valence-electron chi connectivity index (χ0n) is 15.5. The molecule has 2 aromatic rings. The maximum Gasteiger partial charge on any atom is 0.316 e. The predicted molar refractivity (Wildman–Crippen MR) is 111 cm³/mol. The van der Waals surface area contributed by atoms with E-state index >= 15 is 0 Å². The molecule has 1 N–H and O–H groups in total. The van der Waals surface area contributed by atoms with E-state index in [1.165, 1.54) is 0 Å². The Balaban J connectivity index is 1.96. The van der Waals surface area contributed by atoms with Gasteiger partial charge in [0, 0.05) is 15.9 Å². The molecule has 0 amide bonds. The number of carbonyl (C=O) groups is 2. The van der Waals surface area contributed by atoms with Crippen LogP contribution in [-0.4, -0.2) is 23.5 Å². The maximum atomic E-state index is 12.9. The highest BCUT2D eigenvalue weighted by Gasteiger charge is 2.49. The summed E-state index contributed by atoms with van der Waals surface area (Å²) in [4.78, 5) is 25.5. The Morgan fingerprint density at radius 1 is 1.25 bits per heavy atom. The molecule has 0 bridgehead atoms. The molecule has 1 saturated carbocycles. The summed E-state index contributed by atoms with van der Waals surface area (Å²) in [6, 6.07) is 14.6. The number of ether oxygens (including phenoxy) is 1. The van der Waals surface area contributed by atoms with Crippen molar-refractivity contribution in [3.05, 3.63) is 69.2 Å². The number of esters is 1. The molecule has 0 heterocycles. The highest BCUT2D eigenvalue weighted by molar-refractivity contribution is 9.10. The normalized spacial score (nSPS) is 24.8. The van der Waals surface area contributed by atoms with Crippen LogP contribution in [-0.2, 0) is 26.3 Å². The van der Waals surface area contributed by atoms with Gasteiger partial charge in [0.2, 0.25) is 0 Å². The van der Waals surface area contributed by atoms with E-state index in [1.54, 1.807) is 25.1 Å². The summed E-state index contributed by atoms with van der Waals surface area (Å²) in [5.41, 5.74) is 0.180. The molecule has 0 radical (unpaired) electrons. The summed E-state index contributed by atoms with van der Waals surface area (Å²) in [6.45, 7) is 1.92. The van der Waals surface area contributed by atoms with E-state index in [0.717, 1.165) is 10.0 Å². The molecule has 0 aliphatic heterocycles. The smallest absolute Gasteiger partial charge is 0.316 e. The molecular weight excluding hydrogens is 444 g/mol. The Hall–Kier alpha value is -1.69. The monoisotopic (exact) mass is 464 g/mol. The first-order valence-corrected chi connectivity index (χ1v) is 10.4. The van der Waals surface area contributed by atoms with Gasteiger partial charge in [0.05, 0.1) is 12.2 Å². The van der Waals surface area contributed by atoms with E-state index in [1.807, 2.05) is 30.3 Å². The Morgan fingerprint density at radius 2 is 1.93 bits per heavy atom. The summed E-state index contributed by atoms with van der Waals surface area (Å²) >= 11 is 9.69. The Morgan fingerprint density at radius 3 is 2.57 bits per heavy atom. The van der Waals surface area contributed by atoms with Crippen molar-refractivity contribution in [2.75, 3.05) is 6.61 Å². The van der Waals surface area contributed by atoms with E-state index in [9.17, 15) is 14.7 Å². The number of hydrogen-bond donors (Lipinski definition) is 1. The predicted octanol–water partition coefficient (Wildman–Crippen LogP) is 4.69. The second-order valence-corrected chi connectivity index (χ2v) is 8.49. The fraction of sp³-hybridized carbons (Fsp3) is 0.364. The van der Waals surface area contributed by atoms with Crippen molar-refractivity contribution in [3.8, 4) is 0 Å². The van der Waals surface area contributed by atoms with Crippen molar-refractivity contribution in [2.24, 2.45) is 11.8 Å². The number of aliphatic hydroxyl groups is 1. The van der Waals surface area contributed by atoms with E-state index in [0.29, 0.717) is 17.0 Å². The largest absolute Gasteiger partial charge is 0.465 e. The summed E-state index contributed by atoms with van der Waals surface area (Å²) in [5.74, 6) is -2.13. The van der Waals surface area contributed by atoms with Gasteiger partial charge in [-0.25, -0.2) is 0 Å². The summed E-state index contributed by atoms with van der Waals surface area (Å²) in [7, 11) is 0. The van der Waals surface area contributed by atoms with Crippen molar-refractivity contribution >= 4 is 39.3 Å². The van der Waals surface area contributed by atoms with E-state index < -0.39 is 23.4 Å². The first-order valence-electron chi connectivity index (χ1n) is 9.25.